The fraction of sp³-hybridized carbons (Fsp3) is 0.429. The molecule has 0 aliphatic carbocycles. The predicted octanol–water partition coefficient (Wildman–Crippen LogP) is 3.38. The van der Waals surface area contributed by atoms with Crippen LogP contribution in [0.1, 0.15) is 39.4 Å². The third kappa shape index (κ3) is 2.88. The third-order valence-electron chi connectivity index (χ3n) is 2.51. The number of ether oxygens (including phenoxy) is 1. The Morgan fingerprint density at radius 3 is 2.56 bits per heavy atom. The zero-order chi connectivity index (χ0) is 13.1. The fourth-order valence-electron chi connectivity index (χ4n) is 1.64. The van der Waals surface area contributed by atoms with E-state index in [1.54, 1.807) is 0 Å². The Bertz CT molecular complexity index is 517. The molecular weight excluding hydrogens is 226 g/mol. The molecule has 0 saturated heterocycles. The average Bonchev–Trinajstić information content (AvgIpc) is 2.77. The van der Waals surface area contributed by atoms with Crippen molar-refractivity contribution in [1.82, 2.24) is 15.2 Å². The van der Waals surface area contributed by atoms with Crippen molar-refractivity contribution in [3.05, 3.63) is 30.1 Å². The van der Waals surface area contributed by atoms with E-state index in [2.05, 4.69) is 29.0 Å². The van der Waals surface area contributed by atoms with Gasteiger partial charge in [0.05, 0.1) is 6.10 Å². The van der Waals surface area contributed by atoms with E-state index in [0.29, 0.717) is 11.7 Å². The first kappa shape index (κ1) is 12.6. The molecule has 0 atom stereocenters. The van der Waals surface area contributed by atoms with Crippen molar-refractivity contribution in [2.75, 3.05) is 0 Å². The van der Waals surface area contributed by atoms with E-state index in [0.717, 1.165) is 17.1 Å². The zero-order valence-corrected chi connectivity index (χ0v) is 11.3. The van der Waals surface area contributed by atoms with Crippen LogP contribution in [0.25, 0.3) is 11.4 Å². The Kier molecular flexibility index (Phi) is 3.65. The number of nitrogens with zero attached hydrogens (tertiary/aromatic N) is 2. The molecule has 2 rings (SSSR count). The molecule has 2 aromatic rings. The van der Waals surface area contributed by atoms with Crippen LogP contribution in [0.5, 0.6) is 5.75 Å². The number of aromatic amines is 1. The quantitative estimate of drug-likeness (QED) is 0.898. The van der Waals surface area contributed by atoms with Gasteiger partial charge in [0.2, 0.25) is 0 Å². The van der Waals surface area contributed by atoms with Crippen molar-refractivity contribution < 1.29 is 4.74 Å². The number of aromatic nitrogens is 3. The van der Waals surface area contributed by atoms with Crippen LogP contribution < -0.4 is 4.74 Å². The highest BCUT2D eigenvalue weighted by atomic mass is 16.5. The molecule has 1 aromatic carbocycles. The van der Waals surface area contributed by atoms with Crippen molar-refractivity contribution in [3.8, 4) is 17.1 Å². The molecule has 96 valence electrons. The molecule has 0 spiro atoms. The summed E-state index contributed by atoms with van der Waals surface area (Å²) in [6, 6.07) is 7.85. The molecule has 0 aliphatic rings. The molecule has 0 radical (unpaired) electrons. The summed E-state index contributed by atoms with van der Waals surface area (Å²) in [6.45, 7) is 8.19. The monoisotopic (exact) mass is 245 g/mol. The maximum Gasteiger partial charge on any atom is 0.181 e. The van der Waals surface area contributed by atoms with Gasteiger partial charge in [-0.25, -0.2) is 4.98 Å². The van der Waals surface area contributed by atoms with Gasteiger partial charge < -0.3 is 4.74 Å². The Morgan fingerprint density at radius 2 is 1.94 bits per heavy atom. The van der Waals surface area contributed by atoms with Gasteiger partial charge in [-0.15, -0.1) is 0 Å². The molecule has 0 saturated carbocycles. The second-order valence-corrected chi connectivity index (χ2v) is 4.89. The van der Waals surface area contributed by atoms with Crippen LogP contribution in [0.3, 0.4) is 0 Å². The Labute approximate surface area is 107 Å². The normalized spacial score (nSPS) is 11.2. The largest absolute Gasteiger partial charge is 0.491 e. The molecule has 4 heteroatoms. The van der Waals surface area contributed by atoms with Crippen LogP contribution in [-0.4, -0.2) is 21.3 Å². The van der Waals surface area contributed by atoms with E-state index in [-0.39, 0.29) is 6.10 Å². The van der Waals surface area contributed by atoms with Crippen molar-refractivity contribution in [3.63, 3.8) is 0 Å². The van der Waals surface area contributed by atoms with Gasteiger partial charge in [-0.3, -0.25) is 5.10 Å². The maximum atomic E-state index is 5.66. The molecule has 0 unspecified atom stereocenters. The lowest BCUT2D eigenvalue weighted by atomic mass is 10.2. The molecule has 1 aromatic heterocycles. The van der Waals surface area contributed by atoms with Gasteiger partial charge in [-0.1, -0.05) is 26.0 Å². The van der Waals surface area contributed by atoms with Crippen molar-refractivity contribution >= 4 is 0 Å². The molecule has 0 fully saturated rings. The number of hydrogen-bond acceptors (Lipinski definition) is 3. The Balaban J connectivity index is 2.26. The van der Waals surface area contributed by atoms with E-state index in [1.165, 1.54) is 0 Å². The van der Waals surface area contributed by atoms with Crippen LogP contribution in [-0.2, 0) is 0 Å². The summed E-state index contributed by atoms with van der Waals surface area (Å²) in [5, 5.41) is 7.20. The number of benzene rings is 1. The molecule has 0 amide bonds. The van der Waals surface area contributed by atoms with Crippen LogP contribution in [0.4, 0.5) is 0 Å². The summed E-state index contributed by atoms with van der Waals surface area (Å²) in [5.74, 6) is 2.81. The SMILES string of the molecule is CC(C)Oc1cccc(-c2n[nH]c(C(C)C)n2)c1. The minimum Gasteiger partial charge on any atom is -0.491 e. The van der Waals surface area contributed by atoms with E-state index >= 15 is 0 Å². The molecule has 0 aliphatic heterocycles. The maximum absolute atomic E-state index is 5.66. The van der Waals surface area contributed by atoms with Gasteiger partial charge in [-0.05, 0) is 26.0 Å². The molecule has 4 nitrogen and oxygen atoms in total. The van der Waals surface area contributed by atoms with E-state index in [1.807, 2.05) is 38.1 Å². The van der Waals surface area contributed by atoms with Crippen LogP contribution in [0.15, 0.2) is 24.3 Å². The molecule has 1 N–H and O–H groups in total. The topological polar surface area (TPSA) is 50.8 Å². The van der Waals surface area contributed by atoms with Crippen molar-refractivity contribution in [2.45, 2.75) is 39.7 Å². The van der Waals surface area contributed by atoms with Gasteiger partial charge in [-0.2, -0.15) is 5.10 Å². The molecular formula is C14H19N3O. The lowest BCUT2D eigenvalue weighted by molar-refractivity contribution is 0.242. The average molecular weight is 245 g/mol. The first-order valence-corrected chi connectivity index (χ1v) is 6.25. The third-order valence-corrected chi connectivity index (χ3v) is 2.51. The first-order chi connectivity index (χ1) is 8.56. The molecule has 18 heavy (non-hydrogen) atoms. The minimum atomic E-state index is 0.165. The summed E-state index contributed by atoms with van der Waals surface area (Å²) < 4.78 is 5.66. The van der Waals surface area contributed by atoms with Crippen molar-refractivity contribution in [2.24, 2.45) is 0 Å². The summed E-state index contributed by atoms with van der Waals surface area (Å²) in [4.78, 5) is 4.48. The fourth-order valence-corrected chi connectivity index (χ4v) is 1.64. The van der Waals surface area contributed by atoms with E-state index in [4.69, 9.17) is 4.74 Å². The zero-order valence-electron chi connectivity index (χ0n) is 11.3. The van der Waals surface area contributed by atoms with Crippen molar-refractivity contribution in [1.29, 1.82) is 0 Å². The Hall–Kier alpha value is -1.84. The lowest BCUT2D eigenvalue weighted by Gasteiger charge is -2.09. The predicted molar refractivity (Wildman–Crippen MR) is 71.7 cm³/mol. The summed E-state index contributed by atoms with van der Waals surface area (Å²) in [5.41, 5.74) is 0.969. The van der Waals surface area contributed by atoms with Gasteiger partial charge in [0, 0.05) is 11.5 Å². The second-order valence-electron chi connectivity index (χ2n) is 4.89. The standard InChI is InChI=1S/C14H19N3O/c1-9(2)13-15-14(17-16-13)11-6-5-7-12(8-11)18-10(3)4/h5-10H,1-4H3,(H,15,16,17). The van der Waals surface area contributed by atoms with Crippen LogP contribution >= 0.6 is 0 Å². The summed E-state index contributed by atoms with van der Waals surface area (Å²) in [7, 11) is 0. The second kappa shape index (κ2) is 5.21. The van der Waals surface area contributed by atoms with Gasteiger partial charge in [0.25, 0.3) is 0 Å². The van der Waals surface area contributed by atoms with E-state index in [9.17, 15) is 0 Å². The molecule has 1 heterocycles. The number of rotatable bonds is 4. The highest BCUT2D eigenvalue weighted by molar-refractivity contribution is 5.57. The Morgan fingerprint density at radius 1 is 1.17 bits per heavy atom. The number of H-pyrrole nitrogens is 1. The van der Waals surface area contributed by atoms with Gasteiger partial charge in [0.1, 0.15) is 11.6 Å². The van der Waals surface area contributed by atoms with E-state index < -0.39 is 0 Å². The van der Waals surface area contributed by atoms with Crippen LogP contribution in [0.2, 0.25) is 0 Å². The highest BCUT2D eigenvalue weighted by Gasteiger charge is 2.09. The first-order valence-electron chi connectivity index (χ1n) is 6.25. The van der Waals surface area contributed by atoms with Crippen LogP contribution in [0, 0.1) is 0 Å². The highest BCUT2D eigenvalue weighted by Crippen LogP contribution is 2.22. The summed E-state index contributed by atoms with van der Waals surface area (Å²) >= 11 is 0. The molecule has 0 bridgehead atoms. The summed E-state index contributed by atoms with van der Waals surface area (Å²) in [6.07, 6.45) is 0.165. The lowest BCUT2D eigenvalue weighted by Crippen LogP contribution is -2.05. The number of nitrogens with one attached hydrogen (secondary N) is 1. The minimum absolute atomic E-state index is 0.165. The van der Waals surface area contributed by atoms with Gasteiger partial charge in [0.15, 0.2) is 5.82 Å². The smallest absolute Gasteiger partial charge is 0.181 e. The van der Waals surface area contributed by atoms with Gasteiger partial charge >= 0.3 is 0 Å². The number of hydrogen-bond donors (Lipinski definition) is 1.